The normalized spacial score (nSPS) is 59.4. The highest BCUT2D eigenvalue weighted by Gasteiger charge is 2.56. The fourth-order valence-electron chi connectivity index (χ4n) is 3.12. The minimum absolute atomic E-state index is 1.03. The molecular weight excluding hydrogens is 108 g/mol. The fourth-order valence-corrected chi connectivity index (χ4v) is 3.12. The largest absolute Gasteiger partial charge is 0.0810 e. The molecule has 0 nitrogen and oxygen atoms in total. The molecule has 0 heterocycles. The fraction of sp³-hybridized carbons (Fsp3) is 0.778. The molecule has 0 spiro atoms. The second-order valence-electron chi connectivity index (χ2n) is 3.91. The topological polar surface area (TPSA) is 0 Å². The lowest BCUT2D eigenvalue weighted by Crippen LogP contribution is -2.46. The van der Waals surface area contributed by atoms with E-state index in [1.54, 1.807) is 0 Å². The van der Waals surface area contributed by atoms with Crippen LogP contribution in [-0.2, 0) is 0 Å². The predicted molar refractivity (Wildman–Crippen MR) is 37.0 cm³/mol. The van der Waals surface area contributed by atoms with Gasteiger partial charge in [-0.2, -0.15) is 0 Å². The Morgan fingerprint density at radius 3 is 3.22 bits per heavy atom. The molecular formula is C9H12. The maximum atomic E-state index is 2.53. The minimum atomic E-state index is 1.03. The summed E-state index contributed by atoms with van der Waals surface area (Å²) in [6.07, 6.45) is 5.48. The van der Waals surface area contributed by atoms with Crippen LogP contribution in [0.3, 0.4) is 0 Å². The van der Waals surface area contributed by atoms with E-state index in [0.29, 0.717) is 0 Å². The zero-order chi connectivity index (χ0) is 6.01. The first-order valence-corrected chi connectivity index (χ1v) is 4.08. The van der Waals surface area contributed by atoms with Crippen LogP contribution in [0.5, 0.6) is 0 Å². The van der Waals surface area contributed by atoms with E-state index in [4.69, 9.17) is 0 Å². The Labute approximate surface area is 56.0 Å². The van der Waals surface area contributed by atoms with Crippen molar-refractivity contribution in [3.05, 3.63) is 11.6 Å². The molecule has 3 aliphatic rings. The Kier molecular flexibility index (Phi) is 0.564. The van der Waals surface area contributed by atoms with Crippen LogP contribution in [0.4, 0.5) is 0 Å². The van der Waals surface area contributed by atoms with Crippen LogP contribution < -0.4 is 0 Å². The molecule has 3 aliphatic carbocycles. The standard InChI is InChI=1S/C9H12/c1-5-7-3-2-6-4-8(5)9(6)7/h4-5,7-9H,2-3H2,1H3. The zero-order valence-electron chi connectivity index (χ0n) is 5.80. The summed E-state index contributed by atoms with van der Waals surface area (Å²) < 4.78 is 0. The number of hydrogen-bond donors (Lipinski definition) is 0. The van der Waals surface area contributed by atoms with Gasteiger partial charge in [-0.25, -0.2) is 0 Å². The third-order valence-corrected chi connectivity index (χ3v) is 3.76. The van der Waals surface area contributed by atoms with Crippen LogP contribution in [0, 0.1) is 23.7 Å². The third kappa shape index (κ3) is 0.309. The zero-order valence-corrected chi connectivity index (χ0v) is 5.80. The lowest BCUT2D eigenvalue weighted by molar-refractivity contribution is 0.0489. The Morgan fingerprint density at radius 1 is 1.56 bits per heavy atom. The number of hydrogen-bond acceptors (Lipinski definition) is 0. The second-order valence-corrected chi connectivity index (χ2v) is 3.91. The Morgan fingerprint density at radius 2 is 2.44 bits per heavy atom. The molecule has 2 saturated carbocycles. The smallest absolute Gasteiger partial charge is 0.0106 e. The van der Waals surface area contributed by atoms with Gasteiger partial charge in [0.05, 0.1) is 0 Å². The average molecular weight is 120 g/mol. The highest BCUT2D eigenvalue weighted by molar-refractivity contribution is 5.34. The van der Waals surface area contributed by atoms with Crippen molar-refractivity contribution in [2.24, 2.45) is 23.7 Å². The summed E-state index contributed by atoms with van der Waals surface area (Å²) in [5, 5.41) is 0. The van der Waals surface area contributed by atoms with Crippen molar-refractivity contribution >= 4 is 0 Å². The van der Waals surface area contributed by atoms with E-state index in [-0.39, 0.29) is 0 Å². The molecule has 4 atom stereocenters. The van der Waals surface area contributed by atoms with E-state index in [1.165, 1.54) is 12.8 Å². The summed E-state index contributed by atoms with van der Waals surface area (Å²) in [6.45, 7) is 2.42. The summed E-state index contributed by atoms with van der Waals surface area (Å²) >= 11 is 0. The lowest BCUT2D eigenvalue weighted by atomic mass is 9.52. The average Bonchev–Trinajstić information content (AvgIpc) is 1.93. The molecule has 0 aromatic rings. The molecule has 4 unspecified atom stereocenters. The molecule has 48 valence electrons. The van der Waals surface area contributed by atoms with Crippen molar-refractivity contribution in [2.75, 3.05) is 0 Å². The van der Waals surface area contributed by atoms with Gasteiger partial charge in [-0.3, -0.25) is 0 Å². The van der Waals surface area contributed by atoms with E-state index in [9.17, 15) is 0 Å². The van der Waals surface area contributed by atoms with Crippen molar-refractivity contribution in [1.82, 2.24) is 0 Å². The summed E-state index contributed by atoms with van der Waals surface area (Å²) in [5.41, 5.74) is 1.81. The maximum Gasteiger partial charge on any atom is -0.0106 e. The first kappa shape index (κ1) is 4.54. The van der Waals surface area contributed by atoms with Crippen molar-refractivity contribution < 1.29 is 0 Å². The van der Waals surface area contributed by atoms with Crippen molar-refractivity contribution in [3.63, 3.8) is 0 Å². The predicted octanol–water partition coefficient (Wildman–Crippen LogP) is 2.22. The van der Waals surface area contributed by atoms with Crippen LogP contribution in [0.1, 0.15) is 19.8 Å². The molecule has 3 rings (SSSR count). The van der Waals surface area contributed by atoms with Gasteiger partial charge in [0.25, 0.3) is 0 Å². The molecule has 0 bridgehead atoms. The van der Waals surface area contributed by atoms with Gasteiger partial charge in [-0.1, -0.05) is 18.6 Å². The van der Waals surface area contributed by atoms with E-state index < -0.39 is 0 Å². The molecule has 0 aliphatic heterocycles. The van der Waals surface area contributed by atoms with Crippen LogP contribution in [-0.4, -0.2) is 0 Å². The molecule has 2 fully saturated rings. The van der Waals surface area contributed by atoms with Crippen LogP contribution in [0.25, 0.3) is 0 Å². The van der Waals surface area contributed by atoms with Crippen molar-refractivity contribution in [2.45, 2.75) is 19.8 Å². The monoisotopic (exact) mass is 120 g/mol. The van der Waals surface area contributed by atoms with E-state index >= 15 is 0 Å². The van der Waals surface area contributed by atoms with Gasteiger partial charge in [0.1, 0.15) is 0 Å². The van der Waals surface area contributed by atoms with Gasteiger partial charge >= 0.3 is 0 Å². The van der Waals surface area contributed by atoms with Gasteiger partial charge in [-0.15, -0.1) is 0 Å². The summed E-state index contributed by atoms with van der Waals surface area (Å²) in [7, 11) is 0. The first-order chi connectivity index (χ1) is 4.38. The summed E-state index contributed by atoms with van der Waals surface area (Å²) in [4.78, 5) is 0. The van der Waals surface area contributed by atoms with Gasteiger partial charge in [0.2, 0.25) is 0 Å². The van der Waals surface area contributed by atoms with Gasteiger partial charge in [-0.05, 0) is 36.5 Å². The highest BCUT2D eigenvalue weighted by atomic mass is 14.6. The van der Waals surface area contributed by atoms with E-state index in [2.05, 4.69) is 13.0 Å². The van der Waals surface area contributed by atoms with Crippen molar-refractivity contribution in [3.8, 4) is 0 Å². The molecule has 0 aromatic heterocycles. The number of rotatable bonds is 0. The van der Waals surface area contributed by atoms with Gasteiger partial charge < -0.3 is 0 Å². The van der Waals surface area contributed by atoms with Crippen LogP contribution in [0.15, 0.2) is 11.6 Å². The van der Waals surface area contributed by atoms with Crippen LogP contribution in [0.2, 0.25) is 0 Å². The van der Waals surface area contributed by atoms with Crippen LogP contribution >= 0.6 is 0 Å². The molecule has 0 radical (unpaired) electrons. The highest BCUT2D eigenvalue weighted by Crippen LogP contribution is 2.64. The minimum Gasteiger partial charge on any atom is -0.0810 e. The van der Waals surface area contributed by atoms with Gasteiger partial charge in [0.15, 0.2) is 0 Å². The first-order valence-electron chi connectivity index (χ1n) is 4.08. The molecule has 0 N–H and O–H groups in total. The lowest BCUT2D eigenvalue weighted by Gasteiger charge is -2.52. The molecule has 0 amide bonds. The molecule has 0 heteroatoms. The van der Waals surface area contributed by atoms with Crippen molar-refractivity contribution in [1.29, 1.82) is 0 Å². The SMILES string of the molecule is CC1C2C=C3CCC1C32. The maximum absolute atomic E-state index is 2.53. The summed E-state index contributed by atoms with van der Waals surface area (Å²) in [5.74, 6) is 4.30. The quantitative estimate of drug-likeness (QED) is 0.430. The molecule has 0 saturated heterocycles. The Bertz CT molecular complexity index is 190. The molecule has 9 heavy (non-hydrogen) atoms. The Hall–Kier alpha value is -0.260. The van der Waals surface area contributed by atoms with E-state index in [0.717, 1.165) is 23.7 Å². The van der Waals surface area contributed by atoms with E-state index in [1.807, 2.05) is 5.57 Å². The summed E-state index contributed by atoms with van der Waals surface area (Å²) in [6, 6.07) is 0. The number of allylic oxidation sites excluding steroid dienone is 2. The second kappa shape index (κ2) is 1.12. The van der Waals surface area contributed by atoms with Gasteiger partial charge in [0, 0.05) is 0 Å². The Balaban J connectivity index is 2.06. The third-order valence-electron chi connectivity index (χ3n) is 3.76. The molecule has 0 aromatic carbocycles.